The van der Waals surface area contributed by atoms with Crippen LogP contribution in [-0.2, 0) is 40.9 Å². The normalized spacial score (nSPS) is 12.5. The van der Waals surface area contributed by atoms with Crippen molar-refractivity contribution in [2.24, 2.45) is 0 Å². The molecule has 0 amide bonds. The zero-order valence-electron chi connectivity index (χ0n) is 22.8. The quantitative estimate of drug-likeness (QED) is 0.286. The van der Waals surface area contributed by atoms with Crippen LogP contribution in [-0.4, -0.2) is 77.5 Å². The van der Waals surface area contributed by atoms with Crippen molar-refractivity contribution in [3.8, 4) is 0 Å². The van der Waals surface area contributed by atoms with E-state index in [0.29, 0.717) is 0 Å². The van der Waals surface area contributed by atoms with Crippen LogP contribution in [0, 0.1) is 22.3 Å². The number of hydrogen-bond donors (Lipinski definition) is 3. The van der Waals surface area contributed by atoms with Crippen LogP contribution in [0.15, 0.2) is 0 Å². The summed E-state index contributed by atoms with van der Waals surface area (Å²) in [6.07, 6.45) is 10.8. The van der Waals surface area contributed by atoms with E-state index in [1.807, 2.05) is 0 Å². The first-order valence-corrected chi connectivity index (χ1v) is 9.57. The summed E-state index contributed by atoms with van der Waals surface area (Å²) in [5.41, 5.74) is 0. The minimum absolute atomic E-state index is 0. The molecule has 0 aromatic carbocycles. The second-order valence-electron chi connectivity index (χ2n) is 5.15. The molecule has 220 valence electrons. The third kappa shape index (κ3) is 136. The molecule has 35 heavy (non-hydrogen) atoms. The number of rotatable bonds is 0. The van der Waals surface area contributed by atoms with Gasteiger partial charge in [-0.05, 0) is 52.1 Å². The van der Waals surface area contributed by atoms with Gasteiger partial charge in [0, 0.05) is 21.7 Å². The summed E-state index contributed by atoms with van der Waals surface area (Å²) < 4.78 is 0. The fourth-order valence-electron chi connectivity index (χ4n) is 1.80. The average Bonchev–Trinajstić information content (AvgIpc) is 2.65. The fourth-order valence-corrected chi connectivity index (χ4v) is 1.80. The third-order valence-corrected chi connectivity index (χ3v) is 2.75. The summed E-state index contributed by atoms with van der Waals surface area (Å²) in [6.45, 7) is 14.1. The Bertz CT molecular complexity index is 228. The molecule has 0 unspecified atom stereocenters. The number of halogens is 3. The van der Waals surface area contributed by atoms with Gasteiger partial charge in [-0.1, -0.05) is 12.8 Å². The molecular formula is C23H51Cl3N4O4Ti-8. The van der Waals surface area contributed by atoms with Gasteiger partial charge < -0.3 is 62.7 Å². The minimum atomic E-state index is 0. The predicted octanol–water partition coefficient (Wildman–Crippen LogP) is 3.78. The standard InChI is InChI=1S/C12H27N4.4C2H3O.3CH3.3ClH.Ti/c1-5-13-7-2-9-15-11-4-12-16-10-3-8-14-6-1;4*1-2-3;;;;;;;/h13-15H,1-12H2;4*1H3;3*1H3;3*1H;/q8*-1;;;;. The van der Waals surface area contributed by atoms with Crippen LogP contribution in [0.4, 0.5) is 0 Å². The number of nitrogens with zero attached hydrogens (tertiary/aromatic N) is 1. The Morgan fingerprint density at radius 2 is 0.657 bits per heavy atom. The predicted molar refractivity (Wildman–Crippen MR) is 157 cm³/mol. The fraction of sp³-hybridized carbons (Fsp3) is 0.696. The number of nitrogens with one attached hydrogen (secondary N) is 3. The van der Waals surface area contributed by atoms with E-state index in [-0.39, 0.29) is 81.2 Å². The van der Waals surface area contributed by atoms with Crippen molar-refractivity contribution in [3.63, 3.8) is 0 Å². The van der Waals surface area contributed by atoms with E-state index in [2.05, 4.69) is 21.3 Å². The Morgan fingerprint density at radius 1 is 0.486 bits per heavy atom. The maximum atomic E-state index is 8.68. The molecule has 0 aromatic rings. The van der Waals surface area contributed by atoms with Crippen molar-refractivity contribution in [3.05, 3.63) is 27.6 Å². The molecule has 1 saturated heterocycles. The van der Waals surface area contributed by atoms with E-state index in [0.717, 1.165) is 52.4 Å². The van der Waals surface area contributed by atoms with Gasteiger partial charge in [0.2, 0.25) is 0 Å². The summed E-state index contributed by atoms with van der Waals surface area (Å²) >= 11 is 0. The first-order valence-electron chi connectivity index (χ1n) is 9.57. The Labute approximate surface area is 251 Å². The van der Waals surface area contributed by atoms with Crippen molar-refractivity contribution in [2.75, 3.05) is 52.4 Å². The van der Waals surface area contributed by atoms with Crippen LogP contribution >= 0.6 is 37.2 Å². The molecule has 0 aromatic heterocycles. The van der Waals surface area contributed by atoms with Gasteiger partial charge in [0.1, 0.15) is 0 Å². The molecule has 0 saturated carbocycles. The Hall–Kier alpha value is 0.104. The van der Waals surface area contributed by atoms with E-state index in [1.165, 1.54) is 78.5 Å². The molecule has 1 heterocycles. The van der Waals surface area contributed by atoms with Crippen molar-refractivity contribution in [1.82, 2.24) is 16.0 Å². The van der Waals surface area contributed by atoms with Crippen LogP contribution in [0.1, 0.15) is 53.4 Å². The zero-order valence-corrected chi connectivity index (χ0v) is 26.8. The van der Waals surface area contributed by atoms with Gasteiger partial charge in [-0.25, -0.2) is 0 Å². The molecule has 1 fully saturated rings. The van der Waals surface area contributed by atoms with Crippen LogP contribution < -0.4 is 16.0 Å². The molecule has 0 aliphatic carbocycles. The summed E-state index contributed by atoms with van der Waals surface area (Å²) in [5.74, 6) is 0. The molecule has 0 spiro atoms. The first-order chi connectivity index (χ1) is 13.7. The van der Waals surface area contributed by atoms with Gasteiger partial charge in [-0.15, -0.1) is 50.3 Å². The molecule has 1 rings (SSSR count). The molecule has 0 radical (unpaired) electrons. The molecule has 0 atom stereocenters. The SMILES string of the molecule is C1C[N-]CCCNCCCNCCCNC1.C[C-]=O.C[C-]=O.C[C-]=O.C[C-]=O.Cl.Cl.Cl.[CH3-].[CH3-].[CH3-].[Ti]. The van der Waals surface area contributed by atoms with Crippen LogP contribution in [0.2, 0.25) is 0 Å². The molecule has 1 aliphatic heterocycles. The summed E-state index contributed by atoms with van der Waals surface area (Å²) in [7, 11) is 0. The van der Waals surface area contributed by atoms with Crippen molar-refractivity contribution in [1.29, 1.82) is 0 Å². The average molecular weight is 602 g/mol. The van der Waals surface area contributed by atoms with Gasteiger partial charge >= 0.3 is 0 Å². The summed E-state index contributed by atoms with van der Waals surface area (Å²) in [5, 5.41) is 14.9. The van der Waals surface area contributed by atoms with Gasteiger partial charge in [-0.2, -0.15) is 27.7 Å². The van der Waals surface area contributed by atoms with Gasteiger partial charge in [0.25, 0.3) is 0 Å². The first kappa shape index (κ1) is 70.3. The second-order valence-corrected chi connectivity index (χ2v) is 5.15. The van der Waals surface area contributed by atoms with E-state index in [1.54, 1.807) is 0 Å². The maximum Gasteiger partial charge on any atom is 0 e. The van der Waals surface area contributed by atoms with Gasteiger partial charge in [0.15, 0.2) is 0 Å². The van der Waals surface area contributed by atoms with Gasteiger partial charge in [-0.3, -0.25) is 25.1 Å². The second kappa shape index (κ2) is 92.5. The molecule has 3 N–H and O–H groups in total. The Balaban J connectivity index is -0.0000000291. The van der Waals surface area contributed by atoms with Crippen LogP contribution in [0.3, 0.4) is 0 Å². The summed E-state index contributed by atoms with van der Waals surface area (Å²) in [4.78, 5) is 34.7. The molecule has 0 bridgehead atoms. The van der Waals surface area contributed by atoms with E-state index >= 15 is 0 Å². The third-order valence-electron chi connectivity index (χ3n) is 2.75. The van der Waals surface area contributed by atoms with Crippen molar-refractivity contribution >= 4 is 62.4 Å². The zero-order chi connectivity index (χ0) is 22.1. The van der Waals surface area contributed by atoms with Crippen molar-refractivity contribution < 1.29 is 40.9 Å². The Morgan fingerprint density at radius 3 is 0.857 bits per heavy atom. The Kier molecular flexibility index (Phi) is 186. The number of carbonyl (C=O) groups excluding carboxylic acids is 4. The molecule has 8 nitrogen and oxygen atoms in total. The topological polar surface area (TPSA) is 118 Å². The van der Waals surface area contributed by atoms with E-state index in [4.69, 9.17) is 19.2 Å². The maximum absolute atomic E-state index is 8.68. The summed E-state index contributed by atoms with van der Waals surface area (Å²) in [6, 6.07) is 0. The van der Waals surface area contributed by atoms with E-state index < -0.39 is 0 Å². The van der Waals surface area contributed by atoms with Crippen LogP contribution in [0.5, 0.6) is 0 Å². The minimum Gasteiger partial charge on any atom is -0.662 e. The van der Waals surface area contributed by atoms with E-state index in [9.17, 15) is 0 Å². The van der Waals surface area contributed by atoms with Crippen LogP contribution in [0.25, 0.3) is 5.32 Å². The molecule has 12 heteroatoms. The van der Waals surface area contributed by atoms with Crippen molar-refractivity contribution in [2.45, 2.75) is 53.4 Å². The largest absolute Gasteiger partial charge is 0.662 e. The molecular weight excluding hydrogens is 551 g/mol. The smallest absolute Gasteiger partial charge is 0 e. The number of hydrogen-bond acceptors (Lipinski definition) is 7. The van der Waals surface area contributed by atoms with Gasteiger partial charge in [0.05, 0.1) is 0 Å². The molecule has 1 aliphatic rings. The monoisotopic (exact) mass is 600 g/mol.